The molecule has 1 aliphatic rings. The molecule has 1 N–H and O–H groups in total. The van der Waals surface area contributed by atoms with Crippen molar-refractivity contribution in [1.82, 2.24) is 4.98 Å². The molecule has 0 aliphatic carbocycles. The molecule has 0 spiro atoms. The van der Waals surface area contributed by atoms with Crippen molar-refractivity contribution < 1.29 is 9.59 Å². The van der Waals surface area contributed by atoms with Gasteiger partial charge in [0.1, 0.15) is 5.82 Å². The lowest BCUT2D eigenvalue weighted by Gasteiger charge is -2.40. The average molecular weight is 406 g/mol. The van der Waals surface area contributed by atoms with Crippen LogP contribution in [0, 0.1) is 19.8 Å². The molecule has 0 bridgehead atoms. The van der Waals surface area contributed by atoms with Crippen LogP contribution in [-0.2, 0) is 9.59 Å². The molecule has 29 heavy (non-hydrogen) atoms. The molecule has 148 valence electrons. The van der Waals surface area contributed by atoms with Crippen LogP contribution in [0.4, 0.5) is 11.5 Å². The summed E-state index contributed by atoms with van der Waals surface area (Å²) < 4.78 is 0. The van der Waals surface area contributed by atoms with Crippen LogP contribution < -0.4 is 10.2 Å². The number of pyridine rings is 1. The lowest BCUT2D eigenvalue weighted by molar-refractivity contribution is -0.125. The van der Waals surface area contributed by atoms with Crippen molar-refractivity contribution >= 4 is 34.7 Å². The summed E-state index contributed by atoms with van der Waals surface area (Å²) in [6, 6.07) is 15.3. The Morgan fingerprint density at radius 2 is 1.93 bits per heavy atom. The number of aryl methyl sites for hydroxylation is 2. The van der Waals surface area contributed by atoms with Crippen LogP contribution in [0.3, 0.4) is 0 Å². The normalized spacial score (nSPS) is 19.2. The average Bonchev–Trinajstić information content (AvgIpc) is 3.25. The number of hydrogen-bond donors (Lipinski definition) is 1. The van der Waals surface area contributed by atoms with Gasteiger partial charge in [-0.2, -0.15) is 0 Å². The molecule has 0 saturated carbocycles. The molecule has 6 heteroatoms. The number of carbonyl (C=O) groups is 2. The number of anilines is 2. The number of benzene rings is 1. The van der Waals surface area contributed by atoms with Gasteiger partial charge in [-0.15, -0.1) is 11.3 Å². The van der Waals surface area contributed by atoms with E-state index in [-0.39, 0.29) is 23.8 Å². The summed E-state index contributed by atoms with van der Waals surface area (Å²) in [7, 11) is 0. The molecule has 1 saturated heterocycles. The Labute approximate surface area is 174 Å². The van der Waals surface area contributed by atoms with Crippen molar-refractivity contribution in [2.45, 2.75) is 32.7 Å². The van der Waals surface area contributed by atoms with Crippen molar-refractivity contribution in [2.75, 3.05) is 10.2 Å². The largest absolute Gasteiger partial charge is 0.310 e. The molecule has 1 aromatic carbocycles. The highest BCUT2D eigenvalue weighted by Crippen LogP contribution is 2.42. The smallest absolute Gasteiger partial charge is 0.231 e. The van der Waals surface area contributed by atoms with Gasteiger partial charge in [0.15, 0.2) is 0 Å². The van der Waals surface area contributed by atoms with E-state index in [1.165, 1.54) is 0 Å². The minimum Gasteiger partial charge on any atom is -0.310 e. The van der Waals surface area contributed by atoms with Crippen molar-refractivity contribution in [1.29, 1.82) is 0 Å². The molecule has 0 unspecified atom stereocenters. The number of carbonyl (C=O) groups excluding carboxylic acids is 2. The molecule has 3 aromatic rings. The quantitative estimate of drug-likeness (QED) is 0.673. The molecular formula is C23H23N3O2S. The number of amides is 2. The number of aromatic nitrogens is 1. The predicted octanol–water partition coefficient (Wildman–Crippen LogP) is 4.88. The molecule has 0 radical (unpaired) electrons. The first kappa shape index (κ1) is 19.3. The van der Waals surface area contributed by atoms with E-state index in [2.05, 4.69) is 10.3 Å². The first-order valence-electron chi connectivity index (χ1n) is 9.69. The maximum Gasteiger partial charge on any atom is 0.231 e. The molecule has 1 aliphatic heterocycles. The Morgan fingerprint density at radius 1 is 1.14 bits per heavy atom. The molecule has 2 aromatic heterocycles. The molecule has 2 amide bonds. The highest BCUT2D eigenvalue weighted by Gasteiger charge is 2.42. The zero-order chi connectivity index (χ0) is 20.4. The molecule has 5 nitrogen and oxygen atoms in total. The van der Waals surface area contributed by atoms with Crippen LogP contribution in [0.5, 0.6) is 0 Å². The third-order valence-corrected chi connectivity index (χ3v) is 6.27. The molecular weight excluding hydrogens is 382 g/mol. The predicted molar refractivity (Wildman–Crippen MR) is 116 cm³/mol. The van der Waals surface area contributed by atoms with Crippen LogP contribution in [0.2, 0.25) is 0 Å². The van der Waals surface area contributed by atoms with Gasteiger partial charge in [0.2, 0.25) is 11.8 Å². The molecule has 2 atom stereocenters. The van der Waals surface area contributed by atoms with E-state index >= 15 is 0 Å². The Hall–Kier alpha value is -2.99. The second kappa shape index (κ2) is 8.17. The lowest BCUT2D eigenvalue weighted by atomic mass is 9.86. The summed E-state index contributed by atoms with van der Waals surface area (Å²) in [5.41, 5.74) is 2.87. The van der Waals surface area contributed by atoms with E-state index in [0.29, 0.717) is 18.7 Å². The summed E-state index contributed by atoms with van der Waals surface area (Å²) in [6.07, 6.45) is 2.53. The van der Waals surface area contributed by atoms with E-state index in [1.54, 1.807) is 22.4 Å². The van der Waals surface area contributed by atoms with Gasteiger partial charge in [-0.25, -0.2) is 4.98 Å². The zero-order valence-electron chi connectivity index (χ0n) is 16.5. The standard InChI is InChI=1S/C23H23N3O2S/c1-15-7-9-17(10-8-15)26-20(27)12-11-18(21(26)19-6-4-14-29-19)23(28)25-22-16(2)5-3-13-24-22/h3-10,13-14,18,21H,11-12H2,1-2H3,(H,24,25,28)/t18-,21+/m1/s1. The van der Waals surface area contributed by atoms with Crippen LogP contribution in [-0.4, -0.2) is 16.8 Å². The van der Waals surface area contributed by atoms with Gasteiger partial charge in [-0.1, -0.05) is 29.8 Å². The van der Waals surface area contributed by atoms with Gasteiger partial charge >= 0.3 is 0 Å². The highest BCUT2D eigenvalue weighted by atomic mass is 32.1. The summed E-state index contributed by atoms with van der Waals surface area (Å²) in [4.78, 5) is 33.3. The summed E-state index contributed by atoms with van der Waals surface area (Å²) in [5, 5.41) is 4.97. The lowest BCUT2D eigenvalue weighted by Crippen LogP contribution is -2.46. The van der Waals surface area contributed by atoms with Crippen LogP contribution >= 0.6 is 11.3 Å². The molecule has 3 heterocycles. The summed E-state index contributed by atoms with van der Waals surface area (Å²) in [5.74, 6) is 0.162. The Bertz CT molecular complexity index is 1010. The monoisotopic (exact) mass is 405 g/mol. The van der Waals surface area contributed by atoms with Crippen molar-refractivity contribution in [3.63, 3.8) is 0 Å². The van der Waals surface area contributed by atoms with E-state index in [1.807, 2.05) is 67.8 Å². The fourth-order valence-electron chi connectivity index (χ4n) is 3.79. The number of nitrogens with one attached hydrogen (secondary N) is 1. The Balaban J connectivity index is 1.71. The second-order valence-corrected chi connectivity index (χ2v) is 8.34. The first-order chi connectivity index (χ1) is 14.0. The van der Waals surface area contributed by atoms with Gasteiger partial charge in [0.05, 0.1) is 12.0 Å². The van der Waals surface area contributed by atoms with Gasteiger partial charge in [0.25, 0.3) is 0 Å². The van der Waals surface area contributed by atoms with E-state index in [9.17, 15) is 9.59 Å². The maximum absolute atomic E-state index is 13.3. The molecule has 4 rings (SSSR count). The van der Waals surface area contributed by atoms with E-state index in [0.717, 1.165) is 21.7 Å². The number of rotatable bonds is 4. The van der Waals surface area contributed by atoms with Crippen molar-refractivity contribution in [3.8, 4) is 0 Å². The summed E-state index contributed by atoms with van der Waals surface area (Å²) in [6.45, 7) is 3.94. The van der Waals surface area contributed by atoms with Gasteiger partial charge in [-0.3, -0.25) is 9.59 Å². The van der Waals surface area contributed by atoms with Crippen molar-refractivity contribution in [2.24, 2.45) is 5.92 Å². The maximum atomic E-state index is 13.3. The van der Waals surface area contributed by atoms with Crippen LogP contribution in [0.1, 0.15) is 34.9 Å². The first-order valence-corrected chi connectivity index (χ1v) is 10.6. The topological polar surface area (TPSA) is 62.3 Å². The molecule has 1 fully saturated rings. The third-order valence-electron chi connectivity index (χ3n) is 5.33. The fraction of sp³-hybridized carbons (Fsp3) is 0.261. The van der Waals surface area contributed by atoms with Crippen molar-refractivity contribution in [3.05, 3.63) is 76.1 Å². The fourth-order valence-corrected chi connectivity index (χ4v) is 4.67. The second-order valence-electron chi connectivity index (χ2n) is 7.36. The zero-order valence-corrected chi connectivity index (χ0v) is 17.3. The number of nitrogens with zero attached hydrogens (tertiary/aromatic N) is 2. The minimum atomic E-state index is -0.353. The van der Waals surface area contributed by atoms with Crippen LogP contribution in [0.15, 0.2) is 60.1 Å². The minimum absolute atomic E-state index is 0.0466. The van der Waals surface area contributed by atoms with E-state index in [4.69, 9.17) is 0 Å². The van der Waals surface area contributed by atoms with E-state index < -0.39 is 0 Å². The third kappa shape index (κ3) is 3.93. The number of hydrogen-bond acceptors (Lipinski definition) is 4. The van der Waals surface area contributed by atoms with Gasteiger partial charge in [-0.05, 0) is 55.5 Å². The Kier molecular flexibility index (Phi) is 5.45. The van der Waals surface area contributed by atoms with Crippen LogP contribution in [0.25, 0.3) is 0 Å². The highest BCUT2D eigenvalue weighted by molar-refractivity contribution is 7.10. The number of thiophene rings is 1. The summed E-state index contributed by atoms with van der Waals surface area (Å²) >= 11 is 1.57. The van der Waals surface area contributed by atoms with Gasteiger partial charge < -0.3 is 10.2 Å². The van der Waals surface area contributed by atoms with Gasteiger partial charge in [0, 0.05) is 23.2 Å². The SMILES string of the molecule is Cc1ccc(N2C(=O)CC[C@@H](C(=O)Nc3ncccc3C)[C@H]2c2cccs2)cc1. The Morgan fingerprint density at radius 3 is 2.62 bits per heavy atom. The number of piperidine rings is 1.